The highest BCUT2D eigenvalue weighted by Gasteiger charge is 2.39. The molecule has 0 N–H and O–H groups in total. The zero-order valence-corrected chi connectivity index (χ0v) is 24.5. The van der Waals surface area contributed by atoms with Gasteiger partial charge in [0.2, 0.25) is 16.6 Å². The van der Waals surface area contributed by atoms with Crippen molar-refractivity contribution in [3.8, 4) is 34.0 Å². The molecule has 1 aromatic heterocycles. The molecule has 0 saturated heterocycles. The Hall–Kier alpha value is -2.45. The van der Waals surface area contributed by atoms with Crippen LogP contribution in [0.3, 0.4) is 0 Å². The fourth-order valence-electron chi connectivity index (χ4n) is 3.01. The largest absolute Gasteiger partial charge is 0.543 e. The second kappa shape index (κ2) is 9.30. The van der Waals surface area contributed by atoms with Gasteiger partial charge in [-0.15, -0.1) is 0 Å². The van der Waals surface area contributed by atoms with E-state index >= 15 is 0 Å². The van der Waals surface area contributed by atoms with Crippen LogP contribution in [0.25, 0.3) is 22.5 Å². The number of benzene rings is 2. The third-order valence-electron chi connectivity index (χ3n) is 7.29. The van der Waals surface area contributed by atoms with E-state index in [1.807, 2.05) is 30.3 Å². The quantitative estimate of drug-likeness (QED) is 0.323. The SMILES string of the molecule is CC(C)(C)[Si](C)(C)Oc1cccc(-c2cc(-c3cccc(O[Si](C)(C)C(C)(C)C)c3)ncn2)c1. The normalized spacial score (nSPS) is 13.0. The summed E-state index contributed by atoms with van der Waals surface area (Å²) in [7, 11) is -3.83. The first kappa shape index (κ1) is 26.2. The van der Waals surface area contributed by atoms with Gasteiger partial charge in [-0.25, -0.2) is 9.97 Å². The second-order valence-corrected chi connectivity index (χ2v) is 21.5. The standard InChI is InChI=1S/C28H40N2O2Si2/c1-27(2,3)33(7,8)31-23-15-11-13-21(17-23)25-19-26(30-20-29-25)22-14-12-16-24(18-22)32-34(9,10)28(4,5)6/h11-20H,1-10H3. The molecule has 0 aliphatic carbocycles. The molecular weight excluding hydrogens is 452 g/mol. The summed E-state index contributed by atoms with van der Waals surface area (Å²) in [5.74, 6) is 1.79. The minimum Gasteiger partial charge on any atom is -0.543 e. The van der Waals surface area contributed by atoms with Crippen LogP contribution in [0.4, 0.5) is 0 Å². The van der Waals surface area contributed by atoms with E-state index in [1.54, 1.807) is 6.33 Å². The van der Waals surface area contributed by atoms with Crippen LogP contribution >= 0.6 is 0 Å². The lowest BCUT2D eigenvalue weighted by atomic mass is 10.1. The van der Waals surface area contributed by atoms with Crippen LogP contribution in [0.5, 0.6) is 11.5 Å². The summed E-state index contributed by atoms with van der Waals surface area (Å²) in [4.78, 5) is 9.11. The predicted octanol–water partition coefficient (Wildman–Crippen LogP) is 8.58. The van der Waals surface area contributed by atoms with E-state index in [2.05, 4.69) is 102 Å². The average Bonchev–Trinajstić information content (AvgIpc) is 2.72. The summed E-state index contributed by atoms with van der Waals surface area (Å²) < 4.78 is 13.0. The van der Waals surface area contributed by atoms with Gasteiger partial charge in [0.1, 0.15) is 17.8 Å². The van der Waals surface area contributed by atoms with E-state index in [0.717, 1.165) is 34.0 Å². The van der Waals surface area contributed by atoms with Crippen LogP contribution in [0.1, 0.15) is 41.5 Å². The van der Waals surface area contributed by atoms with Crippen LogP contribution < -0.4 is 8.85 Å². The molecule has 182 valence electrons. The molecule has 0 radical (unpaired) electrons. The fraction of sp³-hybridized carbons (Fsp3) is 0.429. The first-order valence-electron chi connectivity index (χ1n) is 12.0. The van der Waals surface area contributed by atoms with E-state index in [4.69, 9.17) is 8.85 Å². The Morgan fingerprint density at radius 1 is 0.588 bits per heavy atom. The van der Waals surface area contributed by atoms with Gasteiger partial charge in [-0.2, -0.15) is 0 Å². The summed E-state index contributed by atoms with van der Waals surface area (Å²) in [5.41, 5.74) is 3.80. The first-order valence-corrected chi connectivity index (χ1v) is 17.8. The third kappa shape index (κ3) is 5.97. The van der Waals surface area contributed by atoms with Crippen LogP contribution in [0.15, 0.2) is 60.9 Å². The molecule has 0 atom stereocenters. The Morgan fingerprint density at radius 2 is 0.971 bits per heavy atom. The van der Waals surface area contributed by atoms with Crippen LogP contribution in [0, 0.1) is 0 Å². The highest BCUT2D eigenvalue weighted by molar-refractivity contribution is 6.75. The summed E-state index contributed by atoms with van der Waals surface area (Å²) in [6, 6.07) is 18.5. The van der Waals surface area contributed by atoms with E-state index in [0.29, 0.717) is 0 Å². The molecule has 0 aliphatic rings. The molecule has 0 spiro atoms. The second-order valence-electron chi connectivity index (χ2n) is 12.1. The molecule has 3 aromatic rings. The van der Waals surface area contributed by atoms with Gasteiger partial charge in [-0.05, 0) is 66.6 Å². The monoisotopic (exact) mass is 492 g/mol. The molecule has 0 aliphatic heterocycles. The van der Waals surface area contributed by atoms with Gasteiger partial charge in [-0.1, -0.05) is 65.8 Å². The van der Waals surface area contributed by atoms with Crippen molar-refractivity contribution in [3.05, 3.63) is 60.9 Å². The number of nitrogens with zero attached hydrogens (tertiary/aromatic N) is 2. The van der Waals surface area contributed by atoms with Crippen LogP contribution in [-0.4, -0.2) is 26.6 Å². The van der Waals surface area contributed by atoms with Crippen molar-refractivity contribution in [2.24, 2.45) is 0 Å². The van der Waals surface area contributed by atoms with Crippen molar-refractivity contribution in [3.63, 3.8) is 0 Å². The highest BCUT2D eigenvalue weighted by Crippen LogP contribution is 2.39. The van der Waals surface area contributed by atoms with Crippen molar-refractivity contribution in [1.82, 2.24) is 9.97 Å². The zero-order valence-electron chi connectivity index (χ0n) is 22.5. The number of hydrogen-bond acceptors (Lipinski definition) is 4. The lowest BCUT2D eigenvalue weighted by Gasteiger charge is -2.36. The zero-order chi connectivity index (χ0) is 25.4. The van der Waals surface area contributed by atoms with Crippen molar-refractivity contribution in [2.75, 3.05) is 0 Å². The molecule has 1 heterocycles. The average molecular weight is 493 g/mol. The molecular formula is C28H40N2O2Si2. The maximum absolute atomic E-state index is 6.52. The lowest BCUT2D eigenvalue weighted by Crippen LogP contribution is -2.43. The Balaban J connectivity index is 1.89. The van der Waals surface area contributed by atoms with E-state index < -0.39 is 16.6 Å². The van der Waals surface area contributed by atoms with E-state index in [-0.39, 0.29) is 10.1 Å². The van der Waals surface area contributed by atoms with Crippen LogP contribution in [-0.2, 0) is 0 Å². The smallest absolute Gasteiger partial charge is 0.250 e. The molecule has 0 fully saturated rings. The Bertz CT molecular complexity index is 1060. The van der Waals surface area contributed by atoms with Gasteiger partial charge in [-0.3, -0.25) is 0 Å². The minimum atomic E-state index is -1.92. The summed E-state index contributed by atoms with van der Waals surface area (Å²) in [6.07, 6.45) is 1.63. The molecule has 0 bridgehead atoms. The molecule has 4 nitrogen and oxygen atoms in total. The van der Waals surface area contributed by atoms with Crippen molar-refractivity contribution < 1.29 is 8.85 Å². The van der Waals surface area contributed by atoms with Gasteiger partial charge >= 0.3 is 0 Å². The van der Waals surface area contributed by atoms with Crippen molar-refractivity contribution >= 4 is 16.6 Å². The Morgan fingerprint density at radius 3 is 1.32 bits per heavy atom. The Kier molecular flexibility index (Phi) is 7.16. The number of hydrogen-bond donors (Lipinski definition) is 0. The van der Waals surface area contributed by atoms with Gasteiger partial charge in [0.25, 0.3) is 0 Å². The third-order valence-corrected chi connectivity index (χ3v) is 16.0. The van der Waals surface area contributed by atoms with Gasteiger partial charge in [0.05, 0.1) is 11.4 Å². The van der Waals surface area contributed by atoms with E-state index in [9.17, 15) is 0 Å². The number of aromatic nitrogens is 2. The molecule has 0 saturated carbocycles. The fourth-order valence-corrected chi connectivity index (χ4v) is 5.05. The summed E-state index contributed by atoms with van der Waals surface area (Å²) in [6.45, 7) is 22.6. The molecule has 0 amide bonds. The molecule has 2 aromatic carbocycles. The van der Waals surface area contributed by atoms with Crippen LogP contribution in [0.2, 0.25) is 36.3 Å². The van der Waals surface area contributed by atoms with Gasteiger partial charge in [0, 0.05) is 11.1 Å². The van der Waals surface area contributed by atoms with Gasteiger partial charge < -0.3 is 8.85 Å². The van der Waals surface area contributed by atoms with Gasteiger partial charge in [0.15, 0.2) is 0 Å². The molecule has 34 heavy (non-hydrogen) atoms. The molecule has 6 heteroatoms. The Labute approximate surface area is 208 Å². The maximum Gasteiger partial charge on any atom is 0.250 e. The number of rotatable bonds is 6. The minimum absolute atomic E-state index is 0.141. The van der Waals surface area contributed by atoms with E-state index in [1.165, 1.54) is 0 Å². The van der Waals surface area contributed by atoms with Crippen molar-refractivity contribution in [1.29, 1.82) is 0 Å². The lowest BCUT2D eigenvalue weighted by molar-refractivity contribution is 0.492. The predicted molar refractivity (Wildman–Crippen MR) is 149 cm³/mol. The molecule has 0 unspecified atom stereocenters. The van der Waals surface area contributed by atoms with Crippen molar-refractivity contribution in [2.45, 2.75) is 77.8 Å². The maximum atomic E-state index is 6.52. The summed E-state index contributed by atoms with van der Waals surface area (Å²) >= 11 is 0. The highest BCUT2D eigenvalue weighted by atomic mass is 28.4. The molecule has 3 rings (SSSR count). The first-order chi connectivity index (χ1) is 15.6. The topological polar surface area (TPSA) is 44.2 Å². The summed E-state index contributed by atoms with van der Waals surface area (Å²) in [5, 5.41) is 0.283.